The number of nitrogens with zero attached hydrogens (tertiary/aromatic N) is 1. The molecule has 0 rings (SSSR count). The van der Waals surface area contributed by atoms with E-state index in [0.29, 0.717) is 6.61 Å². The van der Waals surface area contributed by atoms with Crippen LogP contribution >= 0.6 is 7.82 Å². The van der Waals surface area contributed by atoms with Crippen LogP contribution in [-0.2, 0) is 13.6 Å². The van der Waals surface area contributed by atoms with Crippen LogP contribution in [0.4, 0.5) is 0 Å². The first kappa shape index (κ1) is 36.1. The number of unbranched alkanes of at least 4 members (excludes halogenated alkanes) is 18. The van der Waals surface area contributed by atoms with Gasteiger partial charge in [0.2, 0.25) is 0 Å². The summed E-state index contributed by atoms with van der Waals surface area (Å²) in [5.41, 5.74) is 0. The molecular formula is C30H64NO4P. The summed E-state index contributed by atoms with van der Waals surface area (Å²) < 4.78 is 22.6. The van der Waals surface area contributed by atoms with Crippen molar-refractivity contribution in [2.45, 2.75) is 162 Å². The molecule has 0 aliphatic rings. The molecule has 0 saturated heterocycles. The average molecular weight is 534 g/mol. The molecule has 0 fully saturated rings. The average Bonchev–Trinajstić information content (AvgIpc) is 2.86. The van der Waals surface area contributed by atoms with Crippen LogP contribution < -0.4 is 0 Å². The zero-order valence-corrected chi connectivity index (χ0v) is 25.6. The summed E-state index contributed by atoms with van der Waals surface area (Å²) in [6.07, 6.45) is 27.5. The van der Waals surface area contributed by atoms with E-state index >= 15 is 0 Å². The summed E-state index contributed by atoms with van der Waals surface area (Å²) in [6, 6.07) is 0. The second kappa shape index (κ2) is 28.1. The van der Waals surface area contributed by atoms with Crippen LogP contribution in [0.2, 0.25) is 0 Å². The van der Waals surface area contributed by atoms with Crippen molar-refractivity contribution in [2.24, 2.45) is 0 Å². The van der Waals surface area contributed by atoms with Crippen molar-refractivity contribution in [3.05, 3.63) is 0 Å². The van der Waals surface area contributed by atoms with E-state index in [1.807, 2.05) is 0 Å². The number of rotatable bonds is 30. The fraction of sp³-hybridized carbons (Fsp3) is 1.00. The fourth-order valence-corrected chi connectivity index (χ4v) is 5.46. The van der Waals surface area contributed by atoms with E-state index in [1.165, 1.54) is 122 Å². The molecule has 5 nitrogen and oxygen atoms in total. The van der Waals surface area contributed by atoms with E-state index in [1.54, 1.807) is 0 Å². The second-order valence-corrected chi connectivity index (χ2v) is 12.1. The van der Waals surface area contributed by atoms with Gasteiger partial charge in [0.05, 0.1) is 13.2 Å². The van der Waals surface area contributed by atoms with Gasteiger partial charge in [-0.2, -0.15) is 0 Å². The minimum Gasteiger partial charge on any atom is -0.303 e. The van der Waals surface area contributed by atoms with E-state index < -0.39 is 7.82 Å². The van der Waals surface area contributed by atoms with Crippen molar-refractivity contribution in [3.8, 4) is 0 Å². The van der Waals surface area contributed by atoms with Gasteiger partial charge in [0.25, 0.3) is 0 Å². The molecule has 0 amide bonds. The molecule has 1 unspecified atom stereocenters. The van der Waals surface area contributed by atoms with Crippen LogP contribution in [-0.4, -0.2) is 42.6 Å². The zero-order chi connectivity index (χ0) is 26.6. The normalized spacial score (nSPS) is 13.5. The molecular weight excluding hydrogens is 469 g/mol. The lowest BCUT2D eigenvalue weighted by molar-refractivity contribution is 0.139. The number of phosphoric acid groups is 1. The smallest absolute Gasteiger partial charge is 0.303 e. The van der Waals surface area contributed by atoms with Gasteiger partial charge in [-0.3, -0.25) is 9.05 Å². The van der Waals surface area contributed by atoms with E-state index in [2.05, 4.69) is 25.7 Å². The maximum atomic E-state index is 12.2. The van der Waals surface area contributed by atoms with Crippen LogP contribution in [0.15, 0.2) is 0 Å². The van der Waals surface area contributed by atoms with E-state index in [-0.39, 0.29) is 6.61 Å². The second-order valence-electron chi connectivity index (χ2n) is 10.7. The molecule has 218 valence electrons. The van der Waals surface area contributed by atoms with Gasteiger partial charge in [-0.25, -0.2) is 4.57 Å². The molecule has 1 N–H and O–H groups in total. The van der Waals surface area contributed by atoms with Crippen molar-refractivity contribution in [1.82, 2.24) is 4.90 Å². The quantitative estimate of drug-likeness (QED) is 0.0735. The maximum absolute atomic E-state index is 12.2. The molecule has 0 heterocycles. The first-order valence-electron chi connectivity index (χ1n) is 15.9. The van der Waals surface area contributed by atoms with Gasteiger partial charge in [-0.05, 0) is 38.8 Å². The lowest BCUT2D eigenvalue weighted by atomic mass is 10.1. The Morgan fingerprint density at radius 2 is 0.778 bits per heavy atom. The molecule has 0 aromatic heterocycles. The van der Waals surface area contributed by atoms with Gasteiger partial charge in [0.1, 0.15) is 0 Å². The Hall–Kier alpha value is 0.0700. The number of phosphoric ester groups is 1. The molecule has 0 aromatic rings. The molecule has 0 aromatic carbocycles. The third kappa shape index (κ3) is 27.1. The Morgan fingerprint density at radius 3 is 1.19 bits per heavy atom. The lowest BCUT2D eigenvalue weighted by Gasteiger charge is -2.22. The summed E-state index contributed by atoms with van der Waals surface area (Å²) in [5, 5.41) is 0. The number of hydrogen-bond acceptors (Lipinski definition) is 4. The Bertz CT molecular complexity index is 462. The highest BCUT2D eigenvalue weighted by Gasteiger charge is 2.20. The topological polar surface area (TPSA) is 59.0 Å². The van der Waals surface area contributed by atoms with Gasteiger partial charge in [-0.15, -0.1) is 0 Å². The minimum absolute atomic E-state index is 0.287. The molecule has 36 heavy (non-hydrogen) atoms. The molecule has 1 atom stereocenters. The first-order valence-corrected chi connectivity index (χ1v) is 17.4. The third-order valence-corrected chi connectivity index (χ3v) is 8.05. The van der Waals surface area contributed by atoms with Crippen molar-refractivity contribution >= 4 is 7.82 Å². The predicted molar refractivity (Wildman–Crippen MR) is 157 cm³/mol. The summed E-state index contributed by atoms with van der Waals surface area (Å²) in [7, 11) is -3.92. The largest absolute Gasteiger partial charge is 0.472 e. The SMILES string of the molecule is CCCCCCCCCCCOP(=O)(O)OCCCN(CCCCCCCC)CCCCCCCC. The van der Waals surface area contributed by atoms with Crippen molar-refractivity contribution in [1.29, 1.82) is 0 Å². The monoisotopic (exact) mass is 533 g/mol. The van der Waals surface area contributed by atoms with Gasteiger partial charge in [-0.1, -0.05) is 136 Å². The van der Waals surface area contributed by atoms with E-state index in [4.69, 9.17) is 9.05 Å². The van der Waals surface area contributed by atoms with Crippen LogP contribution in [0.1, 0.15) is 162 Å². The highest BCUT2D eigenvalue weighted by Crippen LogP contribution is 2.43. The molecule has 0 saturated carbocycles. The van der Waals surface area contributed by atoms with Crippen molar-refractivity contribution in [3.63, 3.8) is 0 Å². The molecule has 6 heteroatoms. The van der Waals surface area contributed by atoms with Gasteiger partial charge in [0.15, 0.2) is 0 Å². The molecule has 0 aliphatic carbocycles. The summed E-state index contributed by atoms with van der Waals surface area (Å²) in [4.78, 5) is 12.5. The predicted octanol–water partition coefficient (Wildman–Crippen LogP) is 10.1. The number of hydrogen-bond donors (Lipinski definition) is 1. The minimum atomic E-state index is -3.92. The van der Waals surface area contributed by atoms with E-state index in [9.17, 15) is 9.46 Å². The Morgan fingerprint density at radius 1 is 0.472 bits per heavy atom. The highest BCUT2D eigenvalue weighted by atomic mass is 31.2. The fourth-order valence-electron chi connectivity index (χ4n) is 4.66. The van der Waals surface area contributed by atoms with Crippen molar-refractivity contribution < 1.29 is 18.5 Å². The first-order chi connectivity index (χ1) is 17.6. The molecule has 0 aliphatic heterocycles. The standard InChI is InChI=1S/C30H64NO4P/c1-4-7-10-13-16-17-18-21-24-29-34-36(32,33)35-30-25-28-31(26-22-19-14-11-8-5-2)27-23-20-15-12-9-6-3/h4-30H2,1-3H3,(H,32,33). The summed E-state index contributed by atoms with van der Waals surface area (Å²) in [6.45, 7) is 10.6. The van der Waals surface area contributed by atoms with Crippen LogP contribution in [0.5, 0.6) is 0 Å². The zero-order valence-electron chi connectivity index (χ0n) is 24.7. The Balaban J connectivity index is 3.97. The molecule has 0 bridgehead atoms. The summed E-state index contributed by atoms with van der Waals surface area (Å²) in [5.74, 6) is 0. The summed E-state index contributed by atoms with van der Waals surface area (Å²) >= 11 is 0. The lowest BCUT2D eigenvalue weighted by Crippen LogP contribution is -2.28. The van der Waals surface area contributed by atoms with E-state index in [0.717, 1.165) is 38.9 Å². The van der Waals surface area contributed by atoms with Crippen LogP contribution in [0, 0.1) is 0 Å². The Kier molecular flexibility index (Phi) is 28.1. The van der Waals surface area contributed by atoms with Crippen molar-refractivity contribution in [2.75, 3.05) is 32.8 Å². The Labute approximate surface area is 226 Å². The van der Waals surface area contributed by atoms with Crippen LogP contribution in [0.3, 0.4) is 0 Å². The van der Waals surface area contributed by atoms with Gasteiger partial charge in [0, 0.05) is 6.54 Å². The molecule has 0 radical (unpaired) electrons. The third-order valence-electron chi connectivity index (χ3n) is 7.03. The maximum Gasteiger partial charge on any atom is 0.472 e. The van der Waals surface area contributed by atoms with Gasteiger partial charge < -0.3 is 9.79 Å². The van der Waals surface area contributed by atoms with Crippen LogP contribution in [0.25, 0.3) is 0 Å². The molecule has 0 spiro atoms. The highest BCUT2D eigenvalue weighted by molar-refractivity contribution is 7.47. The van der Waals surface area contributed by atoms with Gasteiger partial charge >= 0.3 is 7.82 Å².